The number of ether oxygens (including phenoxy) is 1. The average molecular weight is 476 g/mol. The summed E-state index contributed by atoms with van der Waals surface area (Å²) in [4.78, 5) is 33.2. The van der Waals surface area contributed by atoms with Gasteiger partial charge >= 0.3 is 0 Å². The molecule has 3 rings (SSSR count). The van der Waals surface area contributed by atoms with Crippen LogP contribution in [0.3, 0.4) is 0 Å². The third-order valence-corrected chi connectivity index (χ3v) is 6.48. The molecule has 1 aromatic carbocycles. The summed E-state index contributed by atoms with van der Waals surface area (Å²) in [6.45, 7) is 9.22. The summed E-state index contributed by atoms with van der Waals surface area (Å²) < 4.78 is 18.8. The molecule has 2 heterocycles. The topological polar surface area (TPSA) is 53.1 Å². The molecule has 2 amide bonds. The first-order valence-electron chi connectivity index (χ1n) is 11.5. The Morgan fingerprint density at radius 3 is 2.42 bits per heavy atom. The lowest BCUT2D eigenvalue weighted by atomic mass is 10.1. The van der Waals surface area contributed by atoms with Gasteiger partial charge < -0.3 is 14.5 Å². The molecule has 0 atom stereocenters. The summed E-state index contributed by atoms with van der Waals surface area (Å²) in [6, 6.07) is 10.2. The highest BCUT2D eigenvalue weighted by atomic mass is 32.1. The highest BCUT2D eigenvalue weighted by Gasteiger charge is 2.23. The fourth-order valence-electron chi connectivity index (χ4n) is 3.75. The number of nitrogens with zero attached hydrogens (tertiary/aromatic N) is 3. The van der Waals surface area contributed by atoms with Gasteiger partial charge in [-0.1, -0.05) is 32.0 Å². The van der Waals surface area contributed by atoms with Gasteiger partial charge in [0, 0.05) is 44.0 Å². The van der Waals surface area contributed by atoms with Crippen LogP contribution < -0.4 is 0 Å². The number of amides is 2. The first-order chi connectivity index (χ1) is 15.9. The van der Waals surface area contributed by atoms with Crippen molar-refractivity contribution in [2.45, 2.75) is 33.4 Å². The van der Waals surface area contributed by atoms with Crippen molar-refractivity contribution in [1.29, 1.82) is 0 Å². The summed E-state index contributed by atoms with van der Waals surface area (Å²) in [6.07, 6.45) is 0.416. The number of hydrogen-bond acceptors (Lipinski definition) is 5. The Balaban J connectivity index is 1.70. The minimum absolute atomic E-state index is 0.00413. The minimum atomic E-state index is -0.302. The molecular formula is C25H34FN3O3S. The van der Waals surface area contributed by atoms with Gasteiger partial charge in [0.15, 0.2) is 0 Å². The van der Waals surface area contributed by atoms with Crippen LogP contribution in [0.25, 0.3) is 0 Å². The largest absolute Gasteiger partial charge is 0.379 e. The van der Waals surface area contributed by atoms with Crippen LogP contribution in [0.1, 0.15) is 30.7 Å². The number of halogens is 1. The fourth-order valence-corrected chi connectivity index (χ4v) is 4.47. The molecule has 6 nitrogen and oxygen atoms in total. The Kier molecular flexibility index (Phi) is 9.84. The molecule has 0 N–H and O–H groups in total. The van der Waals surface area contributed by atoms with Crippen molar-refractivity contribution in [2.24, 2.45) is 5.92 Å². The van der Waals surface area contributed by atoms with Gasteiger partial charge in [-0.2, -0.15) is 0 Å². The van der Waals surface area contributed by atoms with E-state index in [1.807, 2.05) is 31.4 Å². The molecule has 1 fully saturated rings. The van der Waals surface area contributed by atoms with Gasteiger partial charge in [-0.25, -0.2) is 4.39 Å². The standard InChI is InChI=1S/C25H34FN3O3S/c1-20(2)16-24(30)28(10-9-27-11-13-32-14-12-27)19-25(31)29(18-23-4-3-15-33-23)17-21-5-7-22(26)8-6-21/h3-8,15,20H,9-14,16-19H2,1-2H3. The molecule has 8 heteroatoms. The van der Waals surface area contributed by atoms with Crippen LogP contribution in [-0.2, 0) is 27.4 Å². The summed E-state index contributed by atoms with van der Waals surface area (Å²) in [5, 5.41) is 1.98. The van der Waals surface area contributed by atoms with Gasteiger partial charge in [-0.05, 0) is 35.1 Å². The average Bonchev–Trinajstić information content (AvgIpc) is 3.31. The molecule has 0 spiro atoms. The first-order valence-corrected chi connectivity index (χ1v) is 12.4. The molecule has 1 aliphatic heterocycles. The molecular weight excluding hydrogens is 441 g/mol. The SMILES string of the molecule is CC(C)CC(=O)N(CCN1CCOCC1)CC(=O)N(Cc1ccc(F)cc1)Cc1cccs1. The van der Waals surface area contributed by atoms with Crippen LogP contribution in [-0.4, -0.2) is 72.5 Å². The van der Waals surface area contributed by atoms with E-state index >= 15 is 0 Å². The van der Waals surface area contributed by atoms with Crippen molar-refractivity contribution >= 4 is 23.2 Å². The molecule has 0 radical (unpaired) electrons. The van der Waals surface area contributed by atoms with E-state index in [2.05, 4.69) is 4.90 Å². The number of benzene rings is 1. The maximum atomic E-state index is 13.4. The van der Waals surface area contributed by atoms with E-state index in [9.17, 15) is 14.0 Å². The van der Waals surface area contributed by atoms with Gasteiger partial charge in [0.2, 0.25) is 11.8 Å². The van der Waals surface area contributed by atoms with Crippen molar-refractivity contribution in [3.63, 3.8) is 0 Å². The molecule has 33 heavy (non-hydrogen) atoms. The zero-order chi connectivity index (χ0) is 23.6. The van der Waals surface area contributed by atoms with Gasteiger partial charge in [-0.15, -0.1) is 11.3 Å². The van der Waals surface area contributed by atoms with Crippen LogP contribution in [0.4, 0.5) is 4.39 Å². The highest BCUT2D eigenvalue weighted by Crippen LogP contribution is 2.16. The first kappa shape index (κ1) is 25.3. The maximum Gasteiger partial charge on any atom is 0.242 e. The van der Waals surface area contributed by atoms with E-state index in [1.165, 1.54) is 12.1 Å². The number of rotatable bonds is 11. The number of thiophene rings is 1. The molecule has 180 valence electrons. The third-order valence-electron chi connectivity index (χ3n) is 5.62. The molecule has 2 aromatic rings. The zero-order valence-electron chi connectivity index (χ0n) is 19.5. The van der Waals surface area contributed by atoms with Crippen LogP contribution in [0, 0.1) is 11.7 Å². The summed E-state index contributed by atoms with van der Waals surface area (Å²) >= 11 is 1.59. The van der Waals surface area contributed by atoms with E-state index in [4.69, 9.17) is 4.74 Å². The fraction of sp³-hybridized carbons (Fsp3) is 0.520. The number of hydrogen-bond donors (Lipinski definition) is 0. The quantitative estimate of drug-likeness (QED) is 0.498. The number of morpholine rings is 1. The summed E-state index contributed by atoms with van der Waals surface area (Å²) in [5.41, 5.74) is 0.856. The third kappa shape index (κ3) is 8.53. The number of carbonyl (C=O) groups excluding carboxylic acids is 2. The second-order valence-electron chi connectivity index (χ2n) is 8.82. The van der Waals surface area contributed by atoms with Gasteiger partial charge in [-0.3, -0.25) is 14.5 Å². The van der Waals surface area contributed by atoms with Gasteiger partial charge in [0.1, 0.15) is 5.82 Å². The highest BCUT2D eigenvalue weighted by molar-refractivity contribution is 7.09. The van der Waals surface area contributed by atoms with Crippen molar-refractivity contribution in [2.75, 3.05) is 45.9 Å². The van der Waals surface area contributed by atoms with E-state index in [0.717, 1.165) is 30.1 Å². The Labute approximate surface area is 199 Å². The molecule has 0 saturated carbocycles. The summed E-state index contributed by atoms with van der Waals surface area (Å²) in [5.74, 6) is -0.181. The predicted molar refractivity (Wildman–Crippen MR) is 128 cm³/mol. The normalized spacial score (nSPS) is 14.4. The van der Waals surface area contributed by atoms with Gasteiger partial charge in [0.05, 0.1) is 26.3 Å². The maximum absolute atomic E-state index is 13.4. The van der Waals surface area contributed by atoms with Crippen LogP contribution in [0.15, 0.2) is 41.8 Å². The molecule has 0 unspecified atom stereocenters. The lowest BCUT2D eigenvalue weighted by Crippen LogP contribution is -2.47. The summed E-state index contributed by atoms with van der Waals surface area (Å²) in [7, 11) is 0. The van der Waals surface area contributed by atoms with Crippen molar-refractivity contribution in [3.05, 3.63) is 58.0 Å². The predicted octanol–water partition coefficient (Wildman–Crippen LogP) is 3.62. The van der Waals surface area contributed by atoms with Gasteiger partial charge in [0.25, 0.3) is 0 Å². The van der Waals surface area contributed by atoms with Crippen LogP contribution in [0.5, 0.6) is 0 Å². The number of carbonyl (C=O) groups is 2. The molecule has 1 saturated heterocycles. The lowest BCUT2D eigenvalue weighted by molar-refractivity contribution is -0.142. The monoisotopic (exact) mass is 475 g/mol. The van der Waals surface area contributed by atoms with E-state index in [0.29, 0.717) is 39.3 Å². The Morgan fingerprint density at radius 1 is 1.06 bits per heavy atom. The van der Waals surface area contributed by atoms with Crippen molar-refractivity contribution in [3.8, 4) is 0 Å². The lowest BCUT2D eigenvalue weighted by Gasteiger charge is -2.31. The van der Waals surface area contributed by atoms with E-state index in [-0.39, 0.29) is 30.1 Å². The second kappa shape index (κ2) is 12.8. The molecule has 0 aliphatic carbocycles. The molecule has 1 aliphatic rings. The second-order valence-corrected chi connectivity index (χ2v) is 9.86. The van der Waals surface area contributed by atoms with Crippen molar-refractivity contribution in [1.82, 2.24) is 14.7 Å². The van der Waals surface area contributed by atoms with Crippen LogP contribution in [0.2, 0.25) is 0 Å². The van der Waals surface area contributed by atoms with Crippen molar-refractivity contribution < 1.29 is 18.7 Å². The Hall–Kier alpha value is -2.29. The Morgan fingerprint density at radius 2 is 1.79 bits per heavy atom. The minimum Gasteiger partial charge on any atom is -0.379 e. The van der Waals surface area contributed by atoms with E-state index in [1.54, 1.807) is 33.3 Å². The smallest absolute Gasteiger partial charge is 0.242 e. The van der Waals surface area contributed by atoms with Crippen LogP contribution >= 0.6 is 11.3 Å². The zero-order valence-corrected chi connectivity index (χ0v) is 20.4. The molecule has 0 bridgehead atoms. The Bertz CT molecular complexity index is 868. The molecule has 1 aromatic heterocycles. The van der Waals surface area contributed by atoms with E-state index < -0.39 is 0 Å².